The minimum absolute atomic E-state index is 0.376. The Bertz CT molecular complexity index is 704. The summed E-state index contributed by atoms with van der Waals surface area (Å²) in [6.07, 6.45) is 6.41. The fourth-order valence-corrected chi connectivity index (χ4v) is 4.43. The van der Waals surface area contributed by atoms with Crippen LogP contribution in [0.1, 0.15) is 38.2 Å². The first-order chi connectivity index (χ1) is 13.1. The highest BCUT2D eigenvalue weighted by Crippen LogP contribution is 2.32. The first-order valence-electron chi connectivity index (χ1n) is 10.1. The van der Waals surface area contributed by atoms with Crippen molar-refractivity contribution in [3.63, 3.8) is 0 Å². The third-order valence-electron chi connectivity index (χ3n) is 5.76. The Balaban J connectivity index is 2.01. The maximum absolute atomic E-state index is 12.6. The Labute approximate surface area is 162 Å². The van der Waals surface area contributed by atoms with Crippen LogP contribution in [0.3, 0.4) is 0 Å². The van der Waals surface area contributed by atoms with Crippen molar-refractivity contribution >= 4 is 11.5 Å². The molecule has 5 heteroatoms. The van der Waals surface area contributed by atoms with Gasteiger partial charge < -0.3 is 21.3 Å². The first kappa shape index (κ1) is 19.5. The van der Waals surface area contributed by atoms with Crippen LogP contribution < -0.4 is 16.4 Å². The summed E-state index contributed by atoms with van der Waals surface area (Å²) in [7, 11) is 2.10. The second-order valence-electron chi connectivity index (χ2n) is 7.46. The van der Waals surface area contributed by atoms with Crippen molar-refractivity contribution in [2.75, 3.05) is 26.7 Å². The lowest BCUT2D eigenvalue weighted by molar-refractivity contribution is -0.114. The normalized spacial score (nSPS) is 23.7. The van der Waals surface area contributed by atoms with E-state index in [9.17, 15) is 4.79 Å². The topological polar surface area (TPSA) is 70.4 Å². The number of hydrogen-bond donors (Lipinski definition) is 3. The van der Waals surface area contributed by atoms with Gasteiger partial charge in [-0.25, -0.2) is 0 Å². The second kappa shape index (κ2) is 9.09. The van der Waals surface area contributed by atoms with Gasteiger partial charge in [0.1, 0.15) is 5.82 Å². The molecule has 2 saturated heterocycles. The number of primary amides is 1. The van der Waals surface area contributed by atoms with Gasteiger partial charge >= 0.3 is 0 Å². The molecule has 5 nitrogen and oxygen atoms in total. The molecular formula is C22H32N4O. The van der Waals surface area contributed by atoms with E-state index in [1.54, 1.807) is 0 Å². The van der Waals surface area contributed by atoms with Gasteiger partial charge in [0.05, 0.1) is 5.57 Å². The lowest BCUT2D eigenvalue weighted by atomic mass is 9.85. The number of carbonyl (C=O) groups is 1. The highest BCUT2D eigenvalue weighted by Gasteiger charge is 2.33. The number of hydrogen-bond acceptors (Lipinski definition) is 4. The first-order valence-corrected chi connectivity index (χ1v) is 10.1. The molecule has 0 spiro atoms. The number of nitrogens with one attached hydrogen (secondary N) is 2. The van der Waals surface area contributed by atoms with Crippen molar-refractivity contribution in [3.8, 4) is 0 Å². The summed E-state index contributed by atoms with van der Waals surface area (Å²) >= 11 is 0. The monoisotopic (exact) mass is 368 g/mol. The van der Waals surface area contributed by atoms with Gasteiger partial charge in [0.25, 0.3) is 5.91 Å². The SMILES string of the molecule is CC/C=C(/C(C(N)=O)=C1/NCC[C@@H](C2CCNCC2)N1C)c1ccccc1. The predicted molar refractivity (Wildman–Crippen MR) is 111 cm³/mol. The molecular weight excluding hydrogens is 336 g/mol. The van der Waals surface area contributed by atoms with Crippen LogP contribution in [-0.4, -0.2) is 43.5 Å². The van der Waals surface area contributed by atoms with Crippen LogP contribution in [0.15, 0.2) is 47.8 Å². The molecule has 0 radical (unpaired) electrons. The molecule has 2 heterocycles. The summed E-state index contributed by atoms with van der Waals surface area (Å²) in [5, 5.41) is 6.92. The zero-order valence-electron chi connectivity index (χ0n) is 16.5. The van der Waals surface area contributed by atoms with Gasteiger partial charge in [-0.15, -0.1) is 0 Å². The molecule has 0 unspecified atom stereocenters. The fraction of sp³-hybridized carbons (Fsp3) is 0.500. The van der Waals surface area contributed by atoms with E-state index in [0.29, 0.717) is 17.5 Å². The van der Waals surface area contributed by atoms with Gasteiger partial charge in [-0.05, 0) is 55.8 Å². The van der Waals surface area contributed by atoms with Crippen LogP contribution in [0.4, 0.5) is 0 Å². The van der Waals surface area contributed by atoms with Crippen LogP contribution in [0.2, 0.25) is 0 Å². The third kappa shape index (κ3) is 4.35. The van der Waals surface area contributed by atoms with E-state index in [0.717, 1.165) is 49.4 Å². The molecule has 27 heavy (non-hydrogen) atoms. The number of carbonyl (C=O) groups excluding carboxylic acids is 1. The average molecular weight is 369 g/mol. The van der Waals surface area contributed by atoms with Gasteiger partial charge in [-0.1, -0.05) is 43.3 Å². The maximum Gasteiger partial charge on any atom is 0.252 e. The quantitative estimate of drug-likeness (QED) is 0.699. The zero-order chi connectivity index (χ0) is 19.2. The summed E-state index contributed by atoms with van der Waals surface area (Å²) in [5.41, 5.74) is 8.46. The van der Waals surface area contributed by atoms with E-state index in [2.05, 4.69) is 35.6 Å². The maximum atomic E-state index is 12.6. The van der Waals surface area contributed by atoms with Crippen molar-refractivity contribution in [1.82, 2.24) is 15.5 Å². The van der Waals surface area contributed by atoms with E-state index >= 15 is 0 Å². The Hall–Kier alpha value is -2.27. The van der Waals surface area contributed by atoms with Crippen molar-refractivity contribution in [2.24, 2.45) is 11.7 Å². The molecule has 0 saturated carbocycles. The van der Waals surface area contributed by atoms with Gasteiger partial charge in [-0.3, -0.25) is 4.79 Å². The molecule has 1 amide bonds. The molecule has 1 atom stereocenters. The molecule has 2 fully saturated rings. The number of amides is 1. The zero-order valence-corrected chi connectivity index (χ0v) is 16.5. The molecule has 4 N–H and O–H groups in total. The highest BCUT2D eigenvalue weighted by molar-refractivity contribution is 6.08. The minimum atomic E-state index is -0.376. The number of benzene rings is 1. The Morgan fingerprint density at radius 1 is 1.19 bits per heavy atom. The molecule has 3 rings (SSSR count). The highest BCUT2D eigenvalue weighted by atomic mass is 16.1. The lowest BCUT2D eigenvalue weighted by Gasteiger charge is -2.43. The third-order valence-corrected chi connectivity index (χ3v) is 5.76. The number of rotatable bonds is 5. The molecule has 0 bridgehead atoms. The number of piperidine rings is 1. The summed E-state index contributed by atoms with van der Waals surface area (Å²) < 4.78 is 0. The smallest absolute Gasteiger partial charge is 0.252 e. The number of allylic oxidation sites excluding steroid dienone is 1. The Morgan fingerprint density at radius 2 is 1.89 bits per heavy atom. The van der Waals surface area contributed by atoms with Crippen LogP contribution in [-0.2, 0) is 4.79 Å². The number of nitrogens with zero attached hydrogens (tertiary/aromatic N) is 1. The standard InChI is InChI=1S/C22H32N4O/c1-3-7-18(16-8-5-4-6-9-16)20(21(23)27)22-25-15-12-19(26(22)2)17-10-13-24-14-11-17/h4-9,17,19,24-25H,3,10-15H2,1-2H3,(H2,23,27)/b18-7+,22-20+/t19-/m0/s1. The average Bonchev–Trinajstić information content (AvgIpc) is 2.70. The largest absolute Gasteiger partial charge is 0.371 e. The van der Waals surface area contributed by atoms with Gasteiger partial charge in [0.2, 0.25) is 0 Å². The molecule has 1 aromatic carbocycles. The Kier molecular flexibility index (Phi) is 6.56. The molecule has 1 aromatic rings. The minimum Gasteiger partial charge on any atom is -0.371 e. The summed E-state index contributed by atoms with van der Waals surface area (Å²) in [5.74, 6) is 1.15. The fourth-order valence-electron chi connectivity index (χ4n) is 4.43. The van der Waals surface area contributed by atoms with Crippen LogP contribution in [0, 0.1) is 5.92 Å². The van der Waals surface area contributed by atoms with Crippen molar-refractivity contribution < 1.29 is 4.79 Å². The van der Waals surface area contributed by atoms with E-state index < -0.39 is 0 Å². The van der Waals surface area contributed by atoms with E-state index in [4.69, 9.17) is 5.73 Å². The summed E-state index contributed by atoms with van der Waals surface area (Å²) in [6.45, 7) is 5.12. The second-order valence-corrected chi connectivity index (χ2v) is 7.46. The molecule has 146 valence electrons. The van der Waals surface area contributed by atoms with E-state index in [-0.39, 0.29) is 5.91 Å². The van der Waals surface area contributed by atoms with Crippen LogP contribution in [0.5, 0.6) is 0 Å². The van der Waals surface area contributed by atoms with Crippen molar-refractivity contribution in [3.05, 3.63) is 53.4 Å². The Morgan fingerprint density at radius 3 is 2.52 bits per heavy atom. The van der Waals surface area contributed by atoms with Gasteiger partial charge in [0.15, 0.2) is 0 Å². The van der Waals surface area contributed by atoms with E-state index in [1.807, 2.05) is 30.3 Å². The van der Waals surface area contributed by atoms with E-state index in [1.165, 1.54) is 12.8 Å². The molecule has 2 aliphatic rings. The number of nitrogens with two attached hydrogens (primary N) is 1. The van der Waals surface area contributed by atoms with Crippen LogP contribution in [0.25, 0.3) is 5.57 Å². The molecule has 2 aliphatic heterocycles. The van der Waals surface area contributed by atoms with Crippen molar-refractivity contribution in [1.29, 1.82) is 0 Å². The molecule has 0 aliphatic carbocycles. The molecule has 0 aromatic heterocycles. The van der Waals surface area contributed by atoms with Crippen LogP contribution >= 0.6 is 0 Å². The lowest BCUT2D eigenvalue weighted by Crippen LogP contribution is -2.51. The van der Waals surface area contributed by atoms with Crippen molar-refractivity contribution in [2.45, 2.75) is 38.6 Å². The predicted octanol–water partition coefficient (Wildman–Crippen LogP) is 2.47. The summed E-state index contributed by atoms with van der Waals surface area (Å²) in [4.78, 5) is 14.8. The van der Waals surface area contributed by atoms with Gasteiger partial charge in [-0.2, -0.15) is 0 Å². The van der Waals surface area contributed by atoms with Gasteiger partial charge in [0, 0.05) is 19.6 Å². The summed E-state index contributed by atoms with van der Waals surface area (Å²) in [6, 6.07) is 10.5.